The fourth-order valence-electron chi connectivity index (χ4n) is 1.72. The van der Waals surface area contributed by atoms with Gasteiger partial charge in [-0.05, 0) is 13.8 Å². The summed E-state index contributed by atoms with van der Waals surface area (Å²) in [6, 6.07) is 0.649. The second kappa shape index (κ2) is 4.49. The molecule has 1 unspecified atom stereocenters. The van der Waals surface area contributed by atoms with E-state index in [-0.39, 0.29) is 0 Å². The monoisotopic (exact) mass is 189 g/mol. The maximum atomic E-state index is 11.2. The summed E-state index contributed by atoms with van der Waals surface area (Å²) < 4.78 is 11.2. The molecule has 1 saturated heterocycles. The predicted octanol–water partition coefficient (Wildman–Crippen LogP) is 1.24. The van der Waals surface area contributed by atoms with Crippen LogP contribution in [0.25, 0.3) is 0 Å². The van der Waals surface area contributed by atoms with Crippen LogP contribution in [-0.4, -0.2) is 40.1 Å². The van der Waals surface area contributed by atoms with E-state index in [4.69, 9.17) is 0 Å². The molecule has 0 aromatic heterocycles. The molecule has 2 nitrogen and oxygen atoms in total. The zero-order chi connectivity index (χ0) is 9.14. The van der Waals surface area contributed by atoms with Gasteiger partial charge in [0.15, 0.2) is 0 Å². The summed E-state index contributed by atoms with van der Waals surface area (Å²) in [6.07, 6.45) is 4.05. The molecule has 1 aliphatic heterocycles. The average molecular weight is 189 g/mol. The minimum absolute atomic E-state index is 0.458. The standard InChI is InChI=1S/C9H19NOS/c1-8(2)10-6-4-9(5-7-10)12(3)11/h8-9H,4-7H2,1-3H3. The van der Waals surface area contributed by atoms with E-state index in [2.05, 4.69) is 18.7 Å². The van der Waals surface area contributed by atoms with Crippen molar-refractivity contribution >= 4 is 11.2 Å². The second-order valence-corrected chi connectivity index (χ2v) is 5.49. The Balaban J connectivity index is 2.30. The zero-order valence-corrected chi connectivity index (χ0v) is 9.06. The van der Waals surface area contributed by atoms with Gasteiger partial charge in [0.1, 0.15) is 5.25 Å². The number of likely N-dealkylation sites (tertiary alicyclic amines) is 1. The Hall–Kier alpha value is 0.270. The van der Waals surface area contributed by atoms with E-state index < -0.39 is 11.2 Å². The van der Waals surface area contributed by atoms with Gasteiger partial charge in [0, 0.05) is 32.0 Å². The van der Waals surface area contributed by atoms with E-state index in [1.807, 2.05) is 6.26 Å². The van der Waals surface area contributed by atoms with Crippen molar-refractivity contribution in [3.8, 4) is 0 Å². The molecule has 0 radical (unpaired) electrons. The quantitative estimate of drug-likeness (QED) is 0.611. The average Bonchev–Trinajstić information content (AvgIpc) is 2.04. The van der Waals surface area contributed by atoms with Gasteiger partial charge >= 0.3 is 0 Å². The molecule has 12 heavy (non-hydrogen) atoms. The molecule has 0 N–H and O–H groups in total. The van der Waals surface area contributed by atoms with E-state index >= 15 is 0 Å². The van der Waals surface area contributed by atoms with Crippen molar-refractivity contribution in [3.05, 3.63) is 0 Å². The summed E-state index contributed by atoms with van der Waals surface area (Å²) in [5, 5.41) is 0.458. The molecule has 1 aliphatic rings. The van der Waals surface area contributed by atoms with Crippen LogP contribution in [0.4, 0.5) is 0 Å². The predicted molar refractivity (Wildman–Crippen MR) is 53.8 cm³/mol. The summed E-state index contributed by atoms with van der Waals surface area (Å²) in [4.78, 5) is 2.46. The lowest BCUT2D eigenvalue weighted by molar-refractivity contribution is 0.186. The largest absolute Gasteiger partial charge is 0.616 e. The van der Waals surface area contributed by atoms with Crippen LogP contribution in [0.3, 0.4) is 0 Å². The minimum Gasteiger partial charge on any atom is -0.616 e. The third-order valence-electron chi connectivity index (χ3n) is 2.68. The summed E-state index contributed by atoms with van der Waals surface area (Å²) >= 11 is -0.607. The molecule has 0 spiro atoms. The molecule has 72 valence electrons. The smallest absolute Gasteiger partial charge is 0.117 e. The highest BCUT2D eigenvalue weighted by atomic mass is 32.2. The molecule has 0 aliphatic carbocycles. The molecule has 1 heterocycles. The Labute approximate surface area is 78.5 Å². The van der Waals surface area contributed by atoms with Crippen LogP contribution < -0.4 is 0 Å². The highest BCUT2D eigenvalue weighted by molar-refractivity contribution is 7.91. The lowest BCUT2D eigenvalue weighted by Crippen LogP contribution is -2.42. The first-order chi connectivity index (χ1) is 5.61. The zero-order valence-electron chi connectivity index (χ0n) is 8.25. The lowest BCUT2D eigenvalue weighted by Gasteiger charge is -2.34. The van der Waals surface area contributed by atoms with Crippen LogP contribution in [0.1, 0.15) is 26.7 Å². The van der Waals surface area contributed by atoms with Gasteiger partial charge in [-0.2, -0.15) is 0 Å². The fraction of sp³-hybridized carbons (Fsp3) is 1.00. The Morgan fingerprint density at radius 1 is 1.33 bits per heavy atom. The molecule has 0 aromatic carbocycles. The van der Waals surface area contributed by atoms with Crippen molar-refractivity contribution in [1.82, 2.24) is 4.90 Å². The molecule has 0 bridgehead atoms. The van der Waals surface area contributed by atoms with Crippen molar-refractivity contribution in [3.63, 3.8) is 0 Å². The number of hydrogen-bond acceptors (Lipinski definition) is 2. The molecule has 1 atom stereocenters. The summed E-state index contributed by atoms with van der Waals surface area (Å²) in [7, 11) is 0. The minimum atomic E-state index is -0.607. The van der Waals surface area contributed by atoms with Gasteiger partial charge in [0.05, 0.1) is 6.26 Å². The number of nitrogens with zero attached hydrogens (tertiary/aromatic N) is 1. The van der Waals surface area contributed by atoms with Crippen molar-refractivity contribution in [1.29, 1.82) is 0 Å². The molecule has 1 fully saturated rings. The van der Waals surface area contributed by atoms with Gasteiger partial charge in [0.2, 0.25) is 0 Å². The van der Waals surface area contributed by atoms with E-state index in [1.165, 1.54) is 0 Å². The molecular formula is C9H19NOS. The maximum absolute atomic E-state index is 11.2. The molecule has 0 amide bonds. The molecular weight excluding hydrogens is 170 g/mol. The summed E-state index contributed by atoms with van der Waals surface area (Å²) in [5.74, 6) is 0. The Morgan fingerprint density at radius 3 is 2.17 bits per heavy atom. The van der Waals surface area contributed by atoms with Gasteiger partial charge in [-0.15, -0.1) is 0 Å². The van der Waals surface area contributed by atoms with Crippen LogP contribution in [0.2, 0.25) is 0 Å². The molecule has 1 rings (SSSR count). The Morgan fingerprint density at radius 2 is 1.83 bits per heavy atom. The normalized spacial score (nSPS) is 24.8. The number of rotatable bonds is 2. The molecule has 3 heteroatoms. The van der Waals surface area contributed by atoms with Crippen LogP contribution in [0.15, 0.2) is 0 Å². The van der Waals surface area contributed by atoms with Crippen LogP contribution in [0.5, 0.6) is 0 Å². The highest BCUT2D eigenvalue weighted by Crippen LogP contribution is 2.18. The second-order valence-electron chi connectivity index (χ2n) is 3.83. The number of hydrogen-bond donors (Lipinski definition) is 0. The van der Waals surface area contributed by atoms with Gasteiger partial charge in [-0.1, -0.05) is 11.2 Å². The first-order valence-corrected chi connectivity index (χ1v) is 6.29. The van der Waals surface area contributed by atoms with Crippen LogP contribution in [0, 0.1) is 0 Å². The van der Waals surface area contributed by atoms with E-state index in [0.29, 0.717) is 11.3 Å². The first-order valence-electron chi connectivity index (χ1n) is 4.67. The van der Waals surface area contributed by atoms with E-state index in [1.54, 1.807) is 0 Å². The third-order valence-corrected chi connectivity index (χ3v) is 4.09. The molecule has 0 saturated carbocycles. The van der Waals surface area contributed by atoms with E-state index in [0.717, 1.165) is 25.9 Å². The van der Waals surface area contributed by atoms with Crippen LogP contribution in [-0.2, 0) is 11.2 Å². The third kappa shape index (κ3) is 2.64. The van der Waals surface area contributed by atoms with Crippen molar-refractivity contribution in [2.45, 2.75) is 38.0 Å². The van der Waals surface area contributed by atoms with Crippen molar-refractivity contribution < 1.29 is 4.55 Å². The van der Waals surface area contributed by atoms with Crippen molar-refractivity contribution in [2.24, 2.45) is 0 Å². The van der Waals surface area contributed by atoms with Crippen molar-refractivity contribution in [2.75, 3.05) is 19.3 Å². The van der Waals surface area contributed by atoms with Gasteiger partial charge in [-0.3, -0.25) is 0 Å². The van der Waals surface area contributed by atoms with Gasteiger partial charge in [-0.25, -0.2) is 0 Å². The summed E-state index contributed by atoms with van der Waals surface area (Å²) in [5.41, 5.74) is 0. The van der Waals surface area contributed by atoms with Crippen LogP contribution >= 0.6 is 0 Å². The highest BCUT2D eigenvalue weighted by Gasteiger charge is 2.26. The lowest BCUT2D eigenvalue weighted by atomic mass is 10.1. The van der Waals surface area contributed by atoms with E-state index in [9.17, 15) is 4.55 Å². The maximum Gasteiger partial charge on any atom is 0.117 e. The topological polar surface area (TPSA) is 26.3 Å². The summed E-state index contributed by atoms with van der Waals surface area (Å²) in [6.45, 7) is 6.70. The van der Waals surface area contributed by atoms with Gasteiger partial charge in [0.25, 0.3) is 0 Å². The van der Waals surface area contributed by atoms with Gasteiger partial charge < -0.3 is 9.45 Å². The Kier molecular flexibility index (Phi) is 3.87. The first kappa shape index (κ1) is 10.4. The molecule has 0 aromatic rings. The Bertz CT molecular complexity index is 114. The fourth-order valence-corrected chi connectivity index (χ4v) is 2.60. The number of piperidine rings is 1. The SMILES string of the molecule is CC(C)N1CCC([S+](C)[O-])CC1.